The van der Waals surface area contributed by atoms with Crippen LogP contribution >= 0.6 is 11.8 Å². The van der Waals surface area contributed by atoms with Gasteiger partial charge in [0.05, 0.1) is 12.4 Å². The predicted octanol–water partition coefficient (Wildman–Crippen LogP) is -0.111. The molecule has 2 heterocycles. The third kappa shape index (κ3) is 3.42. The highest BCUT2D eigenvalue weighted by Crippen LogP contribution is 2.17. The third-order valence-corrected chi connectivity index (χ3v) is 3.97. The van der Waals surface area contributed by atoms with E-state index in [0.717, 1.165) is 5.69 Å². The number of fused-ring (bicyclic) bond motifs is 1. The summed E-state index contributed by atoms with van der Waals surface area (Å²) in [6.07, 6.45) is 0. The second kappa shape index (κ2) is 6.72. The molecule has 2 rings (SSSR count). The Morgan fingerprint density at radius 1 is 1.43 bits per heavy atom. The van der Waals surface area contributed by atoms with Crippen LogP contribution in [0.2, 0.25) is 0 Å². The normalized spacial score (nSPS) is 11.0. The summed E-state index contributed by atoms with van der Waals surface area (Å²) >= 11 is 1.27. The van der Waals surface area contributed by atoms with Gasteiger partial charge in [0, 0.05) is 24.9 Å². The number of carbonyl (C=O) groups excluding carboxylic acids is 1. The van der Waals surface area contributed by atoms with Crippen molar-refractivity contribution in [2.75, 3.05) is 26.0 Å². The van der Waals surface area contributed by atoms with Crippen molar-refractivity contribution in [3.8, 4) is 0 Å². The molecule has 2 N–H and O–H groups in total. The van der Waals surface area contributed by atoms with Crippen LogP contribution in [0.5, 0.6) is 0 Å². The largest absolute Gasteiger partial charge is 0.383 e. The molecule has 0 spiro atoms. The van der Waals surface area contributed by atoms with Crippen LogP contribution in [0.3, 0.4) is 0 Å². The highest BCUT2D eigenvalue weighted by molar-refractivity contribution is 7.99. The Morgan fingerprint density at radius 2 is 2.19 bits per heavy atom. The van der Waals surface area contributed by atoms with Crippen LogP contribution in [0.1, 0.15) is 11.3 Å². The number of ether oxygens (including phenoxy) is 1. The standard InChI is InChI=1S/C12H17N5O3S/c1-7-8(2)17-11(14-10(7)19)15-16-12(17)21-6-9(18)13-4-5-20-3/h4-6H2,1-3H3,(H,13,18)(H,14,15,19). The molecule has 114 valence electrons. The number of hydrogen-bond acceptors (Lipinski definition) is 6. The molecule has 0 saturated heterocycles. The van der Waals surface area contributed by atoms with Crippen molar-refractivity contribution in [1.29, 1.82) is 0 Å². The Balaban J connectivity index is 2.11. The number of hydrogen-bond donors (Lipinski definition) is 2. The first kappa shape index (κ1) is 15.5. The maximum Gasteiger partial charge on any atom is 0.255 e. The molecule has 0 bridgehead atoms. The van der Waals surface area contributed by atoms with E-state index in [0.29, 0.717) is 29.6 Å². The van der Waals surface area contributed by atoms with E-state index in [1.54, 1.807) is 18.4 Å². The molecule has 0 aromatic carbocycles. The van der Waals surface area contributed by atoms with Gasteiger partial charge in [0.2, 0.25) is 11.7 Å². The van der Waals surface area contributed by atoms with Gasteiger partial charge in [0.1, 0.15) is 0 Å². The van der Waals surface area contributed by atoms with Crippen LogP contribution in [0, 0.1) is 13.8 Å². The minimum absolute atomic E-state index is 0.104. The Labute approximate surface area is 125 Å². The lowest BCUT2D eigenvalue weighted by Gasteiger charge is -2.06. The molecule has 0 aliphatic carbocycles. The fourth-order valence-corrected chi connectivity index (χ4v) is 2.56. The van der Waals surface area contributed by atoms with Gasteiger partial charge in [0.25, 0.3) is 5.56 Å². The van der Waals surface area contributed by atoms with Gasteiger partial charge in [-0.1, -0.05) is 11.8 Å². The second-order valence-corrected chi connectivity index (χ2v) is 5.38. The van der Waals surface area contributed by atoms with Gasteiger partial charge in [0.15, 0.2) is 5.16 Å². The van der Waals surface area contributed by atoms with E-state index in [9.17, 15) is 9.59 Å². The van der Waals surface area contributed by atoms with Gasteiger partial charge < -0.3 is 10.1 Å². The summed E-state index contributed by atoms with van der Waals surface area (Å²) in [7, 11) is 1.58. The average Bonchev–Trinajstić information content (AvgIpc) is 2.86. The average molecular weight is 311 g/mol. The Hall–Kier alpha value is -1.87. The number of H-pyrrole nitrogens is 1. The van der Waals surface area contributed by atoms with Gasteiger partial charge in [-0.05, 0) is 13.8 Å². The molecule has 9 heteroatoms. The number of aromatic amines is 1. The van der Waals surface area contributed by atoms with Crippen LogP contribution in [-0.4, -0.2) is 51.5 Å². The van der Waals surface area contributed by atoms with Crippen molar-refractivity contribution in [2.24, 2.45) is 0 Å². The maximum absolute atomic E-state index is 11.7. The fourth-order valence-electron chi connectivity index (χ4n) is 1.75. The third-order valence-electron chi connectivity index (χ3n) is 3.04. The summed E-state index contributed by atoms with van der Waals surface area (Å²) in [5.41, 5.74) is 1.19. The lowest BCUT2D eigenvalue weighted by atomic mass is 10.3. The minimum Gasteiger partial charge on any atom is -0.383 e. The zero-order chi connectivity index (χ0) is 15.4. The molecular weight excluding hydrogens is 294 g/mol. The Morgan fingerprint density at radius 3 is 2.90 bits per heavy atom. The highest BCUT2D eigenvalue weighted by Gasteiger charge is 2.13. The molecular formula is C12H17N5O3S. The Kier molecular flexibility index (Phi) is 4.97. The summed E-state index contributed by atoms with van der Waals surface area (Å²) in [5, 5.41) is 11.2. The molecule has 0 unspecified atom stereocenters. The summed E-state index contributed by atoms with van der Waals surface area (Å²) in [6.45, 7) is 4.51. The van der Waals surface area contributed by atoms with Crippen molar-refractivity contribution in [2.45, 2.75) is 19.0 Å². The SMILES string of the molecule is COCCNC(=O)CSc1nnc2[nH]c(=O)c(C)c(C)n12. The smallest absolute Gasteiger partial charge is 0.255 e. The monoisotopic (exact) mass is 311 g/mol. The minimum atomic E-state index is -0.179. The summed E-state index contributed by atoms with van der Waals surface area (Å²) < 4.78 is 6.60. The van der Waals surface area contributed by atoms with Crippen LogP contribution in [0.25, 0.3) is 5.78 Å². The zero-order valence-electron chi connectivity index (χ0n) is 12.1. The van der Waals surface area contributed by atoms with Gasteiger partial charge in [-0.15, -0.1) is 10.2 Å². The van der Waals surface area contributed by atoms with E-state index in [2.05, 4.69) is 20.5 Å². The quantitative estimate of drug-likeness (QED) is 0.570. The number of nitrogens with zero attached hydrogens (tertiary/aromatic N) is 3. The van der Waals surface area contributed by atoms with Crippen molar-refractivity contribution >= 4 is 23.4 Å². The van der Waals surface area contributed by atoms with E-state index < -0.39 is 0 Å². The number of thioether (sulfide) groups is 1. The number of carbonyl (C=O) groups is 1. The maximum atomic E-state index is 11.7. The van der Waals surface area contributed by atoms with E-state index in [1.165, 1.54) is 11.8 Å². The van der Waals surface area contributed by atoms with Crippen LogP contribution < -0.4 is 10.9 Å². The summed E-state index contributed by atoms with van der Waals surface area (Å²) in [5.74, 6) is 0.500. The molecule has 1 amide bonds. The summed E-state index contributed by atoms with van der Waals surface area (Å²) in [4.78, 5) is 26.0. The molecule has 0 fully saturated rings. The first-order valence-corrected chi connectivity index (χ1v) is 7.36. The molecule has 0 aliphatic rings. The topological polar surface area (TPSA) is 101 Å². The number of rotatable bonds is 6. The molecule has 0 radical (unpaired) electrons. The highest BCUT2D eigenvalue weighted by atomic mass is 32.2. The van der Waals surface area contributed by atoms with Crippen LogP contribution in [0.4, 0.5) is 0 Å². The van der Waals surface area contributed by atoms with E-state index in [1.807, 2.05) is 6.92 Å². The van der Waals surface area contributed by atoms with Gasteiger partial charge in [-0.25, -0.2) is 0 Å². The Bertz CT molecular complexity index is 709. The van der Waals surface area contributed by atoms with E-state index in [4.69, 9.17) is 4.74 Å². The van der Waals surface area contributed by atoms with Crippen molar-refractivity contribution in [1.82, 2.24) is 24.9 Å². The van der Waals surface area contributed by atoms with Gasteiger partial charge in [-0.2, -0.15) is 0 Å². The molecule has 2 aromatic heterocycles. The molecule has 2 aromatic rings. The predicted molar refractivity (Wildman–Crippen MR) is 78.7 cm³/mol. The second-order valence-electron chi connectivity index (χ2n) is 4.44. The number of aryl methyl sites for hydroxylation is 1. The van der Waals surface area contributed by atoms with E-state index in [-0.39, 0.29) is 17.2 Å². The molecule has 21 heavy (non-hydrogen) atoms. The van der Waals surface area contributed by atoms with E-state index >= 15 is 0 Å². The van der Waals surface area contributed by atoms with Gasteiger partial charge >= 0.3 is 0 Å². The molecule has 0 aliphatic heterocycles. The van der Waals surface area contributed by atoms with Crippen LogP contribution in [-0.2, 0) is 9.53 Å². The van der Waals surface area contributed by atoms with Gasteiger partial charge in [-0.3, -0.25) is 19.0 Å². The first-order chi connectivity index (χ1) is 10.0. The number of aromatic nitrogens is 4. The van der Waals surface area contributed by atoms with Crippen molar-refractivity contribution in [3.63, 3.8) is 0 Å². The molecule has 0 atom stereocenters. The van der Waals surface area contributed by atoms with Crippen LogP contribution in [0.15, 0.2) is 9.95 Å². The number of methoxy groups -OCH3 is 1. The first-order valence-electron chi connectivity index (χ1n) is 6.37. The van der Waals surface area contributed by atoms with Crippen molar-refractivity contribution < 1.29 is 9.53 Å². The lowest BCUT2D eigenvalue weighted by molar-refractivity contribution is -0.118. The molecule has 8 nitrogen and oxygen atoms in total. The zero-order valence-corrected chi connectivity index (χ0v) is 12.9. The number of amides is 1. The number of nitrogens with one attached hydrogen (secondary N) is 2. The fraction of sp³-hybridized carbons (Fsp3) is 0.500. The lowest BCUT2D eigenvalue weighted by Crippen LogP contribution is -2.28. The molecule has 0 saturated carbocycles. The van der Waals surface area contributed by atoms with Crippen molar-refractivity contribution in [3.05, 3.63) is 21.6 Å². The summed E-state index contributed by atoms with van der Waals surface area (Å²) in [6, 6.07) is 0.